The van der Waals surface area contributed by atoms with E-state index in [1.165, 1.54) is 44.9 Å². The monoisotopic (exact) mass is 368 g/mol. The van der Waals surface area contributed by atoms with Crippen molar-refractivity contribution in [3.63, 3.8) is 0 Å². The van der Waals surface area contributed by atoms with Crippen LogP contribution in [0.2, 0.25) is 0 Å². The molecule has 0 N–H and O–H groups in total. The van der Waals surface area contributed by atoms with Crippen molar-refractivity contribution in [2.45, 2.75) is 96.2 Å². The summed E-state index contributed by atoms with van der Waals surface area (Å²) in [4.78, 5) is 11.4. The summed E-state index contributed by atoms with van der Waals surface area (Å²) >= 11 is 0. The third-order valence-corrected chi connectivity index (χ3v) is 6.19. The molecule has 4 heteroatoms. The molecule has 0 aromatic heterocycles. The Kier molecular flexibility index (Phi) is 10.8. The van der Waals surface area contributed by atoms with Gasteiger partial charge in [-0.3, -0.25) is 4.79 Å². The summed E-state index contributed by atoms with van der Waals surface area (Å²) in [5, 5.41) is 0. The van der Waals surface area contributed by atoms with E-state index in [-0.39, 0.29) is 0 Å². The van der Waals surface area contributed by atoms with Gasteiger partial charge in [0.25, 0.3) is 0 Å². The van der Waals surface area contributed by atoms with Gasteiger partial charge in [0.1, 0.15) is 5.78 Å². The standard InChI is InChI=1S/C22H40O4/c1-18(23)20-9-13-22(14-10-20)26-16-6-4-3-5-15-25-21-11-7-19(8-12-21)17-24-2/h19-22H,3-17H2,1-2H3. The first-order valence-corrected chi connectivity index (χ1v) is 10.9. The molecule has 152 valence electrons. The Morgan fingerprint density at radius 1 is 0.769 bits per heavy atom. The average Bonchev–Trinajstić information content (AvgIpc) is 2.66. The third kappa shape index (κ3) is 8.49. The van der Waals surface area contributed by atoms with Crippen molar-refractivity contribution in [2.75, 3.05) is 26.9 Å². The predicted octanol–water partition coefficient (Wildman–Crippen LogP) is 4.93. The molecule has 0 atom stereocenters. The Morgan fingerprint density at radius 2 is 1.27 bits per heavy atom. The lowest BCUT2D eigenvalue weighted by Crippen LogP contribution is -2.25. The topological polar surface area (TPSA) is 44.8 Å². The van der Waals surface area contributed by atoms with E-state index in [9.17, 15) is 4.79 Å². The Bertz CT molecular complexity index is 368. The fourth-order valence-corrected chi connectivity index (χ4v) is 4.39. The second-order valence-corrected chi connectivity index (χ2v) is 8.34. The van der Waals surface area contributed by atoms with Gasteiger partial charge in [-0.15, -0.1) is 0 Å². The summed E-state index contributed by atoms with van der Waals surface area (Å²) in [5.74, 6) is 1.40. The number of ketones is 1. The van der Waals surface area contributed by atoms with Crippen LogP contribution in [-0.4, -0.2) is 44.9 Å². The van der Waals surface area contributed by atoms with E-state index in [2.05, 4.69) is 0 Å². The highest BCUT2D eigenvalue weighted by Crippen LogP contribution is 2.27. The van der Waals surface area contributed by atoms with Crippen LogP contribution in [0.5, 0.6) is 0 Å². The minimum atomic E-state index is 0.296. The molecule has 26 heavy (non-hydrogen) atoms. The van der Waals surface area contributed by atoms with Crippen LogP contribution >= 0.6 is 0 Å². The molecule has 0 saturated heterocycles. The zero-order valence-corrected chi connectivity index (χ0v) is 17.0. The number of methoxy groups -OCH3 is 1. The Labute approximate surface area is 160 Å². The summed E-state index contributed by atoms with van der Waals surface area (Å²) in [6, 6.07) is 0. The predicted molar refractivity (Wildman–Crippen MR) is 104 cm³/mol. The van der Waals surface area contributed by atoms with Crippen LogP contribution in [0.1, 0.15) is 84.0 Å². The van der Waals surface area contributed by atoms with Gasteiger partial charge < -0.3 is 14.2 Å². The lowest BCUT2D eigenvalue weighted by Gasteiger charge is -2.28. The lowest BCUT2D eigenvalue weighted by molar-refractivity contribution is -0.122. The SMILES string of the molecule is COCC1CCC(OCCCCCCOC2CCC(C(C)=O)CC2)CC1. The molecule has 0 radical (unpaired) electrons. The van der Waals surface area contributed by atoms with Crippen LogP contribution in [0.15, 0.2) is 0 Å². The van der Waals surface area contributed by atoms with E-state index in [0.717, 1.165) is 57.8 Å². The van der Waals surface area contributed by atoms with Gasteiger partial charge in [0.2, 0.25) is 0 Å². The molecule has 2 saturated carbocycles. The van der Waals surface area contributed by atoms with Gasteiger partial charge in [0.15, 0.2) is 0 Å². The largest absolute Gasteiger partial charge is 0.384 e. The smallest absolute Gasteiger partial charge is 0.132 e. The van der Waals surface area contributed by atoms with Crippen molar-refractivity contribution in [2.24, 2.45) is 11.8 Å². The maximum atomic E-state index is 11.4. The van der Waals surface area contributed by atoms with Gasteiger partial charge in [-0.05, 0) is 77.0 Å². The second-order valence-electron chi connectivity index (χ2n) is 8.34. The van der Waals surface area contributed by atoms with Gasteiger partial charge in [0, 0.05) is 32.8 Å². The molecule has 0 aromatic carbocycles. The molecular weight excluding hydrogens is 328 g/mol. The normalized spacial score (nSPS) is 29.6. The summed E-state index contributed by atoms with van der Waals surface area (Å²) in [6.07, 6.45) is 14.7. The Morgan fingerprint density at radius 3 is 1.73 bits per heavy atom. The highest BCUT2D eigenvalue weighted by atomic mass is 16.5. The molecule has 0 unspecified atom stereocenters. The second kappa shape index (κ2) is 12.9. The maximum Gasteiger partial charge on any atom is 0.132 e. The molecular formula is C22H40O4. The van der Waals surface area contributed by atoms with Gasteiger partial charge in [-0.25, -0.2) is 0 Å². The first kappa shape index (κ1) is 21.8. The fourth-order valence-electron chi connectivity index (χ4n) is 4.39. The molecule has 0 heterocycles. The zero-order chi connectivity index (χ0) is 18.6. The Balaban J connectivity index is 1.36. The van der Waals surface area contributed by atoms with E-state index in [1.807, 2.05) is 0 Å². The summed E-state index contributed by atoms with van der Waals surface area (Å²) in [6.45, 7) is 4.42. The van der Waals surface area contributed by atoms with Gasteiger partial charge in [-0.1, -0.05) is 12.8 Å². The van der Waals surface area contributed by atoms with Crippen molar-refractivity contribution in [1.29, 1.82) is 0 Å². The van der Waals surface area contributed by atoms with E-state index in [0.29, 0.717) is 23.9 Å². The minimum absolute atomic E-state index is 0.296. The highest BCUT2D eigenvalue weighted by Gasteiger charge is 2.24. The van der Waals surface area contributed by atoms with Crippen LogP contribution in [0.25, 0.3) is 0 Å². The minimum Gasteiger partial charge on any atom is -0.384 e. The van der Waals surface area contributed by atoms with Crippen molar-refractivity contribution < 1.29 is 19.0 Å². The number of hydrogen-bond acceptors (Lipinski definition) is 4. The van der Waals surface area contributed by atoms with E-state index in [1.54, 1.807) is 14.0 Å². The maximum absolute atomic E-state index is 11.4. The van der Waals surface area contributed by atoms with E-state index < -0.39 is 0 Å². The molecule has 2 rings (SSSR count). The zero-order valence-electron chi connectivity index (χ0n) is 17.0. The molecule has 0 bridgehead atoms. The highest BCUT2D eigenvalue weighted by molar-refractivity contribution is 5.78. The number of carbonyl (C=O) groups is 1. The van der Waals surface area contributed by atoms with Crippen LogP contribution in [0, 0.1) is 11.8 Å². The van der Waals surface area contributed by atoms with Crippen LogP contribution in [-0.2, 0) is 19.0 Å². The number of rotatable bonds is 12. The molecule has 0 amide bonds. The van der Waals surface area contributed by atoms with Crippen LogP contribution in [0.4, 0.5) is 0 Å². The molecule has 4 nitrogen and oxygen atoms in total. The van der Waals surface area contributed by atoms with Gasteiger partial charge >= 0.3 is 0 Å². The first-order valence-electron chi connectivity index (χ1n) is 10.9. The third-order valence-electron chi connectivity index (χ3n) is 6.19. The fraction of sp³-hybridized carbons (Fsp3) is 0.955. The Hall–Kier alpha value is -0.450. The molecule has 0 aromatic rings. The number of ether oxygens (including phenoxy) is 3. The van der Waals surface area contributed by atoms with Crippen molar-refractivity contribution in [1.82, 2.24) is 0 Å². The summed E-state index contributed by atoms with van der Waals surface area (Å²) in [5.41, 5.74) is 0. The first-order chi connectivity index (χ1) is 12.7. The number of unbranched alkanes of at least 4 members (excludes halogenated alkanes) is 3. The lowest BCUT2D eigenvalue weighted by atomic mass is 9.85. The van der Waals surface area contributed by atoms with Gasteiger partial charge in [-0.2, -0.15) is 0 Å². The van der Waals surface area contributed by atoms with Crippen molar-refractivity contribution >= 4 is 5.78 Å². The van der Waals surface area contributed by atoms with Gasteiger partial charge in [0.05, 0.1) is 12.2 Å². The summed E-state index contributed by atoms with van der Waals surface area (Å²) in [7, 11) is 1.80. The van der Waals surface area contributed by atoms with Crippen LogP contribution < -0.4 is 0 Å². The van der Waals surface area contributed by atoms with E-state index in [4.69, 9.17) is 14.2 Å². The molecule has 2 aliphatic carbocycles. The number of hydrogen-bond donors (Lipinski definition) is 0. The van der Waals surface area contributed by atoms with E-state index >= 15 is 0 Å². The number of carbonyl (C=O) groups excluding carboxylic acids is 1. The van der Waals surface area contributed by atoms with Crippen molar-refractivity contribution in [3.8, 4) is 0 Å². The van der Waals surface area contributed by atoms with Crippen molar-refractivity contribution in [3.05, 3.63) is 0 Å². The molecule has 0 aliphatic heterocycles. The van der Waals surface area contributed by atoms with Crippen LogP contribution in [0.3, 0.4) is 0 Å². The molecule has 2 fully saturated rings. The summed E-state index contributed by atoms with van der Waals surface area (Å²) < 4.78 is 17.3. The quantitative estimate of drug-likeness (QED) is 0.458. The number of Topliss-reactive ketones (excluding diaryl/α,β-unsaturated/α-hetero) is 1. The molecule has 0 spiro atoms. The average molecular weight is 369 g/mol. The molecule has 2 aliphatic rings.